The van der Waals surface area contributed by atoms with Crippen LogP contribution in [0.5, 0.6) is 5.75 Å². The Morgan fingerprint density at radius 3 is 2.55 bits per heavy atom. The first-order valence-corrected chi connectivity index (χ1v) is 11.2. The van der Waals surface area contributed by atoms with Crippen LogP contribution in [0.2, 0.25) is 0 Å². The summed E-state index contributed by atoms with van der Waals surface area (Å²) in [7, 11) is 0. The summed E-state index contributed by atoms with van der Waals surface area (Å²) in [4.78, 5) is 28.7. The number of amides is 2. The smallest absolute Gasteiger partial charge is 0.244 e. The van der Waals surface area contributed by atoms with Gasteiger partial charge in [-0.15, -0.1) is 11.8 Å². The summed E-state index contributed by atoms with van der Waals surface area (Å²) < 4.78 is 5.59. The van der Waals surface area contributed by atoms with Crippen LogP contribution in [0.1, 0.15) is 24.2 Å². The van der Waals surface area contributed by atoms with E-state index in [0.717, 1.165) is 16.1 Å². The Labute approximate surface area is 186 Å². The zero-order valence-corrected chi connectivity index (χ0v) is 18.1. The minimum absolute atomic E-state index is 0.00147. The topological polar surface area (TPSA) is 58.6 Å². The van der Waals surface area contributed by atoms with Gasteiger partial charge in [-0.3, -0.25) is 9.59 Å². The quantitative estimate of drug-likeness (QED) is 0.575. The van der Waals surface area contributed by atoms with E-state index in [2.05, 4.69) is 5.32 Å². The van der Waals surface area contributed by atoms with E-state index in [0.29, 0.717) is 24.5 Å². The molecule has 1 aliphatic rings. The van der Waals surface area contributed by atoms with E-state index >= 15 is 0 Å². The molecule has 0 saturated carbocycles. The lowest BCUT2D eigenvalue weighted by atomic mass is 10.1. The molecule has 6 heteroatoms. The lowest BCUT2D eigenvalue weighted by molar-refractivity contribution is -0.121. The lowest BCUT2D eigenvalue weighted by Crippen LogP contribution is -2.38. The number of hydrogen-bond donors (Lipinski definition) is 1. The zero-order chi connectivity index (χ0) is 21.6. The van der Waals surface area contributed by atoms with Gasteiger partial charge in [0.05, 0.1) is 18.0 Å². The average molecular weight is 433 g/mol. The Kier molecular flexibility index (Phi) is 6.57. The minimum Gasteiger partial charge on any atom is -0.492 e. The first kappa shape index (κ1) is 21.0. The molecule has 2 amide bonds. The van der Waals surface area contributed by atoms with Crippen LogP contribution >= 0.6 is 11.8 Å². The fraction of sp³-hybridized carbons (Fsp3) is 0.200. The number of nitrogens with zero attached hydrogens (tertiary/aromatic N) is 1. The maximum atomic E-state index is 13.2. The minimum atomic E-state index is -0.265. The molecule has 1 atom stereocenters. The SMILES string of the molecule is CCOc1ccccc1NC(=O)CN1C(=O)C[C@@H](c2ccccc2)Sc2ccccc21. The first-order valence-electron chi connectivity index (χ1n) is 10.3. The molecular weight excluding hydrogens is 408 g/mol. The maximum Gasteiger partial charge on any atom is 0.244 e. The van der Waals surface area contributed by atoms with Crippen molar-refractivity contribution in [2.24, 2.45) is 0 Å². The first-order chi connectivity index (χ1) is 15.2. The van der Waals surface area contributed by atoms with E-state index in [1.54, 1.807) is 22.7 Å². The summed E-state index contributed by atoms with van der Waals surface area (Å²) >= 11 is 1.66. The van der Waals surface area contributed by atoms with Gasteiger partial charge in [-0.2, -0.15) is 0 Å². The predicted molar refractivity (Wildman–Crippen MR) is 125 cm³/mol. The summed E-state index contributed by atoms with van der Waals surface area (Å²) in [5.74, 6) is 0.277. The molecule has 0 radical (unpaired) electrons. The third-order valence-electron chi connectivity index (χ3n) is 5.02. The van der Waals surface area contributed by atoms with Crippen molar-refractivity contribution in [1.29, 1.82) is 0 Å². The molecule has 0 saturated heterocycles. The van der Waals surface area contributed by atoms with Crippen LogP contribution in [0.25, 0.3) is 0 Å². The number of anilines is 2. The fourth-order valence-corrected chi connectivity index (χ4v) is 4.87. The molecule has 31 heavy (non-hydrogen) atoms. The lowest BCUT2D eigenvalue weighted by Gasteiger charge is -2.22. The number of thioether (sulfide) groups is 1. The highest BCUT2D eigenvalue weighted by Crippen LogP contribution is 2.45. The maximum absolute atomic E-state index is 13.2. The highest BCUT2D eigenvalue weighted by atomic mass is 32.2. The number of carbonyl (C=O) groups excluding carboxylic acids is 2. The van der Waals surface area contributed by atoms with Crippen LogP contribution in [-0.2, 0) is 9.59 Å². The molecule has 3 aromatic carbocycles. The summed E-state index contributed by atoms with van der Waals surface area (Å²) in [6.45, 7) is 2.34. The van der Waals surface area contributed by atoms with Gasteiger partial charge in [-0.1, -0.05) is 54.6 Å². The van der Waals surface area contributed by atoms with Gasteiger partial charge in [0.2, 0.25) is 11.8 Å². The third kappa shape index (κ3) is 4.91. The van der Waals surface area contributed by atoms with Gasteiger partial charge in [-0.05, 0) is 36.8 Å². The summed E-state index contributed by atoms with van der Waals surface area (Å²) in [5.41, 5.74) is 2.47. The van der Waals surface area contributed by atoms with E-state index < -0.39 is 0 Å². The van der Waals surface area contributed by atoms with E-state index in [9.17, 15) is 9.59 Å². The van der Waals surface area contributed by atoms with E-state index in [1.807, 2.05) is 79.7 Å². The van der Waals surface area contributed by atoms with Gasteiger partial charge < -0.3 is 15.0 Å². The second kappa shape index (κ2) is 9.71. The van der Waals surface area contributed by atoms with Crippen LogP contribution in [0.3, 0.4) is 0 Å². The Bertz CT molecular complexity index is 1070. The van der Waals surface area contributed by atoms with Gasteiger partial charge in [0, 0.05) is 16.6 Å². The van der Waals surface area contributed by atoms with Crippen LogP contribution in [0.4, 0.5) is 11.4 Å². The van der Waals surface area contributed by atoms with Crippen LogP contribution < -0.4 is 15.0 Å². The Morgan fingerprint density at radius 1 is 1.03 bits per heavy atom. The van der Waals surface area contributed by atoms with Crippen molar-refractivity contribution in [3.63, 3.8) is 0 Å². The molecule has 4 rings (SSSR count). The highest BCUT2D eigenvalue weighted by Gasteiger charge is 2.30. The molecule has 1 heterocycles. The molecule has 5 nitrogen and oxygen atoms in total. The van der Waals surface area contributed by atoms with Crippen LogP contribution in [0, 0.1) is 0 Å². The van der Waals surface area contributed by atoms with Gasteiger partial charge >= 0.3 is 0 Å². The molecule has 0 aliphatic carbocycles. The number of fused-ring (bicyclic) bond motifs is 1. The molecule has 0 unspecified atom stereocenters. The number of para-hydroxylation sites is 3. The van der Waals surface area contributed by atoms with Crippen LogP contribution in [0.15, 0.2) is 83.8 Å². The molecule has 1 aliphatic heterocycles. The number of ether oxygens (including phenoxy) is 1. The highest BCUT2D eigenvalue weighted by molar-refractivity contribution is 7.99. The largest absolute Gasteiger partial charge is 0.492 e. The van der Waals surface area contributed by atoms with Crippen molar-refractivity contribution in [2.45, 2.75) is 23.5 Å². The second-order valence-corrected chi connectivity index (χ2v) is 8.39. The zero-order valence-electron chi connectivity index (χ0n) is 17.3. The summed E-state index contributed by atoms with van der Waals surface area (Å²) in [6.07, 6.45) is 0.326. The van der Waals surface area contributed by atoms with Gasteiger partial charge in [0.25, 0.3) is 0 Å². The molecular formula is C25H24N2O3S. The second-order valence-electron chi connectivity index (χ2n) is 7.15. The molecule has 3 aromatic rings. The molecule has 158 valence electrons. The third-order valence-corrected chi connectivity index (χ3v) is 6.34. The van der Waals surface area contributed by atoms with E-state index in [4.69, 9.17) is 4.74 Å². The molecule has 1 N–H and O–H groups in total. The molecule has 0 fully saturated rings. The van der Waals surface area contributed by atoms with Gasteiger partial charge in [0.15, 0.2) is 0 Å². The van der Waals surface area contributed by atoms with Crippen molar-refractivity contribution in [3.8, 4) is 5.75 Å². The number of nitrogens with one attached hydrogen (secondary N) is 1. The number of benzene rings is 3. The van der Waals surface area contributed by atoms with Crippen molar-refractivity contribution >= 4 is 35.0 Å². The van der Waals surface area contributed by atoms with E-state index in [-0.39, 0.29) is 23.6 Å². The Balaban J connectivity index is 1.57. The molecule has 0 aromatic heterocycles. The van der Waals surface area contributed by atoms with Crippen LogP contribution in [-0.4, -0.2) is 25.0 Å². The summed E-state index contributed by atoms with van der Waals surface area (Å²) in [6, 6.07) is 25.1. The number of rotatable bonds is 6. The average Bonchev–Trinajstić information content (AvgIpc) is 2.92. The fourth-order valence-electron chi connectivity index (χ4n) is 3.59. The molecule has 0 bridgehead atoms. The van der Waals surface area contributed by atoms with Gasteiger partial charge in [-0.25, -0.2) is 0 Å². The monoisotopic (exact) mass is 432 g/mol. The number of carbonyl (C=O) groups is 2. The van der Waals surface area contributed by atoms with Gasteiger partial charge in [0.1, 0.15) is 12.3 Å². The predicted octanol–water partition coefficient (Wildman–Crippen LogP) is 5.29. The Hall–Kier alpha value is -3.25. The molecule has 0 spiro atoms. The van der Waals surface area contributed by atoms with Crippen molar-refractivity contribution in [3.05, 3.63) is 84.4 Å². The standard InChI is InChI=1S/C25H24N2O3S/c1-2-30-21-14-8-6-12-19(21)26-24(28)17-27-20-13-7-9-15-22(20)31-23(16-25(27)29)18-10-4-3-5-11-18/h3-15,23H,2,16-17H2,1H3,(H,26,28)/t23-/m0/s1. The Morgan fingerprint density at radius 2 is 1.74 bits per heavy atom. The van der Waals surface area contributed by atoms with Crippen molar-refractivity contribution < 1.29 is 14.3 Å². The number of hydrogen-bond acceptors (Lipinski definition) is 4. The van der Waals surface area contributed by atoms with E-state index in [1.165, 1.54) is 0 Å². The van der Waals surface area contributed by atoms with Crippen molar-refractivity contribution in [2.75, 3.05) is 23.4 Å². The summed E-state index contributed by atoms with van der Waals surface area (Å²) in [5, 5.41) is 2.89. The van der Waals surface area contributed by atoms with Crippen molar-refractivity contribution in [1.82, 2.24) is 0 Å². The normalized spacial score (nSPS) is 15.7.